The fraction of sp³-hybridized carbons (Fsp3) is 0.125. The van der Waals surface area contributed by atoms with Gasteiger partial charge in [-0.25, -0.2) is 8.42 Å². The van der Waals surface area contributed by atoms with Crippen LogP contribution in [0.4, 0.5) is 5.95 Å². The van der Waals surface area contributed by atoms with Gasteiger partial charge in [0, 0.05) is 18.2 Å². The molecular weight excluding hydrogens is 383 g/mol. The van der Waals surface area contributed by atoms with Gasteiger partial charge in [0.25, 0.3) is 0 Å². The van der Waals surface area contributed by atoms with Crippen LogP contribution in [0.25, 0.3) is 11.1 Å². The van der Waals surface area contributed by atoms with E-state index < -0.39 is 9.84 Å². The van der Waals surface area contributed by atoms with Gasteiger partial charge in [-0.05, 0) is 35.4 Å². The van der Waals surface area contributed by atoms with Crippen molar-refractivity contribution >= 4 is 39.0 Å². The SMILES string of the molecule is CS(=O)(=O)c1cccc(-c2c(Cl)cc(Cc3nc(N)n[nH]3)cc2Cl)c1. The van der Waals surface area contributed by atoms with Crippen molar-refractivity contribution in [2.24, 2.45) is 0 Å². The molecule has 25 heavy (non-hydrogen) atoms. The number of nitrogens with one attached hydrogen (secondary N) is 1. The number of aromatic amines is 1. The number of H-pyrrole nitrogens is 1. The maximum atomic E-state index is 11.8. The molecule has 0 radical (unpaired) electrons. The first-order chi connectivity index (χ1) is 11.7. The summed E-state index contributed by atoms with van der Waals surface area (Å²) in [6.45, 7) is 0. The molecule has 2 aromatic carbocycles. The zero-order valence-electron chi connectivity index (χ0n) is 13.1. The molecule has 3 rings (SSSR count). The second kappa shape index (κ2) is 6.67. The van der Waals surface area contributed by atoms with Gasteiger partial charge >= 0.3 is 0 Å². The molecule has 0 fully saturated rings. The van der Waals surface area contributed by atoms with Crippen LogP contribution in [0.1, 0.15) is 11.4 Å². The number of benzene rings is 2. The smallest absolute Gasteiger partial charge is 0.239 e. The highest BCUT2D eigenvalue weighted by Gasteiger charge is 2.14. The predicted octanol–water partition coefficient (Wildman–Crippen LogP) is 3.36. The van der Waals surface area contributed by atoms with Crippen molar-refractivity contribution < 1.29 is 8.42 Å². The Morgan fingerprint density at radius 2 is 1.84 bits per heavy atom. The molecule has 0 unspecified atom stereocenters. The van der Waals surface area contributed by atoms with Gasteiger partial charge in [-0.15, -0.1) is 5.10 Å². The maximum absolute atomic E-state index is 11.8. The standard InChI is InChI=1S/C16H14Cl2N4O2S/c1-25(23,24)11-4-2-3-10(8-11)15-12(17)5-9(6-13(15)18)7-14-20-16(19)22-21-14/h2-6,8H,7H2,1H3,(H3,19,20,21,22). The third kappa shape index (κ3) is 3.95. The number of rotatable bonds is 4. The summed E-state index contributed by atoms with van der Waals surface area (Å²) in [4.78, 5) is 4.25. The van der Waals surface area contributed by atoms with E-state index in [-0.39, 0.29) is 10.8 Å². The molecule has 0 aliphatic carbocycles. The quantitative estimate of drug-likeness (QED) is 0.703. The van der Waals surface area contributed by atoms with Gasteiger partial charge < -0.3 is 5.73 Å². The first kappa shape index (κ1) is 17.7. The van der Waals surface area contributed by atoms with Crippen LogP contribution in [0.5, 0.6) is 0 Å². The van der Waals surface area contributed by atoms with Crippen molar-refractivity contribution in [2.45, 2.75) is 11.3 Å². The lowest BCUT2D eigenvalue weighted by Crippen LogP contribution is -1.97. The number of nitrogens with two attached hydrogens (primary N) is 1. The highest BCUT2D eigenvalue weighted by atomic mass is 35.5. The fourth-order valence-corrected chi connectivity index (χ4v) is 3.89. The summed E-state index contributed by atoms with van der Waals surface area (Å²) in [7, 11) is -3.32. The van der Waals surface area contributed by atoms with E-state index in [0.29, 0.717) is 33.4 Å². The van der Waals surface area contributed by atoms with Crippen molar-refractivity contribution in [1.29, 1.82) is 0 Å². The lowest BCUT2D eigenvalue weighted by atomic mass is 10.0. The molecule has 0 amide bonds. The third-order valence-corrected chi connectivity index (χ3v) is 5.28. The summed E-state index contributed by atoms with van der Waals surface area (Å²) < 4.78 is 23.5. The van der Waals surface area contributed by atoms with Crippen LogP contribution in [0.15, 0.2) is 41.3 Å². The van der Waals surface area contributed by atoms with E-state index in [1.807, 2.05) is 0 Å². The predicted molar refractivity (Wildman–Crippen MR) is 98.6 cm³/mol. The van der Waals surface area contributed by atoms with Gasteiger partial charge in [0.05, 0.1) is 14.9 Å². The van der Waals surface area contributed by atoms with Crippen molar-refractivity contribution in [3.8, 4) is 11.1 Å². The van der Waals surface area contributed by atoms with Crippen molar-refractivity contribution in [2.75, 3.05) is 12.0 Å². The van der Waals surface area contributed by atoms with E-state index in [0.717, 1.165) is 11.8 Å². The van der Waals surface area contributed by atoms with Crippen LogP contribution >= 0.6 is 23.2 Å². The lowest BCUT2D eigenvalue weighted by Gasteiger charge is -2.11. The second-order valence-corrected chi connectivity index (χ2v) is 8.38. The number of aromatic nitrogens is 3. The van der Waals surface area contributed by atoms with Crippen LogP contribution in [0.3, 0.4) is 0 Å². The number of nitrogen functional groups attached to an aromatic ring is 1. The van der Waals surface area contributed by atoms with E-state index in [9.17, 15) is 8.42 Å². The van der Waals surface area contributed by atoms with Crippen LogP contribution in [0, 0.1) is 0 Å². The molecule has 3 N–H and O–H groups in total. The summed E-state index contributed by atoms with van der Waals surface area (Å²) in [5.41, 5.74) is 7.53. The minimum absolute atomic E-state index is 0.168. The molecule has 1 aromatic heterocycles. The van der Waals surface area contributed by atoms with Crippen LogP contribution in [-0.2, 0) is 16.3 Å². The average molecular weight is 397 g/mol. The Morgan fingerprint density at radius 1 is 1.16 bits per heavy atom. The molecule has 1 heterocycles. The van der Waals surface area contributed by atoms with Crippen LogP contribution in [-0.4, -0.2) is 29.9 Å². The number of sulfone groups is 1. The number of hydrogen-bond donors (Lipinski definition) is 2. The van der Waals surface area contributed by atoms with Gasteiger partial charge in [0.15, 0.2) is 9.84 Å². The minimum Gasteiger partial charge on any atom is -0.367 e. The maximum Gasteiger partial charge on any atom is 0.239 e. The lowest BCUT2D eigenvalue weighted by molar-refractivity contribution is 0.602. The molecule has 0 spiro atoms. The Balaban J connectivity index is 2.01. The molecule has 130 valence electrons. The van der Waals surface area contributed by atoms with Gasteiger partial charge in [0.1, 0.15) is 5.82 Å². The van der Waals surface area contributed by atoms with Crippen molar-refractivity contribution in [1.82, 2.24) is 15.2 Å². The molecule has 0 saturated carbocycles. The van der Waals surface area contributed by atoms with Gasteiger partial charge in [-0.1, -0.05) is 35.3 Å². The van der Waals surface area contributed by atoms with Crippen LogP contribution < -0.4 is 5.73 Å². The molecule has 3 aromatic rings. The molecule has 9 heteroatoms. The fourth-order valence-electron chi connectivity index (χ4n) is 2.47. The Kier molecular flexibility index (Phi) is 4.73. The Bertz CT molecular complexity index is 1020. The summed E-state index contributed by atoms with van der Waals surface area (Å²) in [5, 5.41) is 7.33. The number of hydrogen-bond acceptors (Lipinski definition) is 5. The third-order valence-electron chi connectivity index (χ3n) is 3.57. The molecule has 0 aliphatic heterocycles. The summed E-state index contributed by atoms with van der Waals surface area (Å²) >= 11 is 12.8. The number of nitrogens with zero attached hydrogens (tertiary/aromatic N) is 2. The monoisotopic (exact) mass is 396 g/mol. The van der Waals surface area contributed by atoms with E-state index in [2.05, 4.69) is 15.2 Å². The average Bonchev–Trinajstić information content (AvgIpc) is 2.91. The van der Waals surface area contributed by atoms with Crippen molar-refractivity contribution in [3.05, 3.63) is 57.8 Å². The molecule has 0 aliphatic rings. The van der Waals surface area contributed by atoms with E-state index in [1.54, 1.807) is 30.3 Å². The van der Waals surface area contributed by atoms with Crippen molar-refractivity contribution in [3.63, 3.8) is 0 Å². The Morgan fingerprint density at radius 3 is 2.40 bits per heavy atom. The molecule has 0 atom stereocenters. The van der Waals surface area contributed by atoms with Gasteiger partial charge in [-0.3, -0.25) is 5.10 Å². The molecule has 0 bridgehead atoms. The van der Waals surface area contributed by atoms with E-state index >= 15 is 0 Å². The summed E-state index contributed by atoms with van der Waals surface area (Å²) in [5.74, 6) is 0.762. The zero-order valence-corrected chi connectivity index (χ0v) is 15.5. The summed E-state index contributed by atoms with van der Waals surface area (Å²) in [6, 6.07) is 10.0. The highest BCUT2D eigenvalue weighted by molar-refractivity contribution is 7.90. The Hall–Kier alpha value is -2.09. The first-order valence-corrected chi connectivity index (χ1v) is 9.84. The topological polar surface area (TPSA) is 102 Å². The number of anilines is 1. The highest BCUT2D eigenvalue weighted by Crippen LogP contribution is 2.37. The largest absolute Gasteiger partial charge is 0.367 e. The second-order valence-electron chi connectivity index (χ2n) is 5.55. The summed E-state index contributed by atoms with van der Waals surface area (Å²) in [6.07, 6.45) is 1.59. The van der Waals surface area contributed by atoms with Gasteiger partial charge in [0.2, 0.25) is 5.95 Å². The van der Waals surface area contributed by atoms with Gasteiger partial charge in [-0.2, -0.15) is 4.98 Å². The van der Waals surface area contributed by atoms with E-state index in [1.165, 1.54) is 6.07 Å². The first-order valence-electron chi connectivity index (χ1n) is 7.19. The minimum atomic E-state index is -3.32. The Labute approximate surface area is 154 Å². The number of halogens is 2. The van der Waals surface area contributed by atoms with E-state index in [4.69, 9.17) is 28.9 Å². The molecule has 6 nitrogen and oxygen atoms in total. The molecular formula is C16H14Cl2N4O2S. The van der Waals surface area contributed by atoms with Crippen LogP contribution in [0.2, 0.25) is 10.0 Å². The zero-order chi connectivity index (χ0) is 18.2. The normalized spacial score (nSPS) is 11.6. The molecule has 0 saturated heterocycles.